The normalized spacial score (nSPS) is 10.8. The van der Waals surface area contributed by atoms with Crippen molar-refractivity contribution in [1.82, 2.24) is 0 Å². The van der Waals surface area contributed by atoms with E-state index in [9.17, 15) is 0 Å². The van der Waals surface area contributed by atoms with Crippen LogP contribution in [0.1, 0.15) is 26.7 Å². The third-order valence-corrected chi connectivity index (χ3v) is 2.99. The first-order chi connectivity index (χ1) is 8.48. The number of anilines is 1. The summed E-state index contributed by atoms with van der Waals surface area (Å²) < 4.78 is 5.25. The maximum Gasteiger partial charge on any atom is 0.142 e. The average molecular weight is 267 g/mol. The molecule has 0 saturated carbocycles. The standard InChI is InChI=1S/C14H19ClN2O/c1-14(2,10-16)7-4-8-17-12-9-11(15)5-6-13(12)18-3/h5-6,9,17H,4,7-8H2,1-3H3. The maximum absolute atomic E-state index is 8.92. The van der Waals surface area contributed by atoms with Gasteiger partial charge in [-0.2, -0.15) is 5.26 Å². The van der Waals surface area contributed by atoms with E-state index in [4.69, 9.17) is 21.6 Å². The number of methoxy groups -OCH3 is 1. The molecular weight excluding hydrogens is 248 g/mol. The Kier molecular flexibility index (Phi) is 5.30. The van der Waals surface area contributed by atoms with Crippen LogP contribution in [0.3, 0.4) is 0 Å². The first kappa shape index (κ1) is 14.7. The van der Waals surface area contributed by atoms with Gasteiger partial charge in [0.2, 0.25) is 0 Å². The summed E-state index contributed by atoms with van der Waals surface area (Å²) in [6.45, 7) is 4.70. The topological polar surface area (TPSA) is 45.0 Å². The van der Waals surface area contributed by atoms with Gasteiger partial charge in [0.15, 0.2) is 0 Å². The van der Waals surface area contributed by atoms with Crippen LogP contribution < -0.4 is 10.1 Å². The molecule has 18 heavy (non-hydrogen) atoms. The van der Waals surface area contributed by atoms with E-state index in [-0.39, 0.29) is 5.41 Å². The highest BCUT2D eigenvalue weighted by molar-refractivity contribution is 6.30. The van der Waals surface area contributed by atoms with Crippen LogP contribution in [0.2, 0.25) is 5.02 Å². The molecule has 0 fully saturated rings. The summed E-state index contributed by atoms with van der Waals surface area (Å²) in [4.78, 5) is 0. The lowest BCUT2D eigenvalue weighted by molar-refractivity contribution is 0.415. The predicted molar refractivity (Wildman–Crippen MR) is 75.1 cm³/mol. The van der Waals surface area contributed by atoms with Crippen LogP contribution in [0.15, 0.2) is 18.2 Å². The van der Waals surface area contributed by atoms with Crippen molar-refractivity contribution in [2.75, 3.05) is 19.0 Å². The molecule has 0 amide bonds. The van der Waals surface area contributed by atoms with E-state index in [1.165, 1.54) is 0 Å². The van der Waals surface area contributed by atoms with Gasteiger partial charge < -0.3 is 10.1 Å². The summed E-state index contributed by atoms with van der Waals surface area (Å²) in [7, 11) is 1.63. The molecule has 0 atom stereocenters. The molecule has 0 bridgehead atoms. The van der Waals surface area contributed by atoms with E-state index in [1.54, 1.807) is 13.2 Å². The molecule has 0 radical (unpaired) electrons. The number of nitrogens with zero attached hydrogens (tertiary/aromatic N) is 1. The molecule has 0 spiro atoms. The lowest BCUT2D eigenvalue weighted by Crippen LogP contribution is -2.11. The zero-order valence-corrected chi connectivity index (χ0v) is 11.8. The van der Waals surface area contributed by atoms with Crippen LogP contribution in [0.4, 0.5) is 5.69 Å². The molecular formula is C14H19ClN2O. The fourth-order valence-electron chi connectivity index (χ4n) is 1.63. The summed E-state index contributed by atoms with van der Waals surface area (Å²) in [6.07, 6.45) is 1.79. The van der Waals surface area contributed by atoms with Crippen molar-refractivity contribution >= 4 is 17.3 Å². The number of hydrogen-bond acceptors (Lipinski definition) is 3. The third-order valence-electron chi connectivity index (χ3n) is 2.76. The van der Waals surface area contributed by atoms with Crippen molar-refractivity contribution in [3.8, 4) is 11.8 Å². The van der Waals surface area contributed by atoms with Crippen molar-refractivity contribution in [2.24, 2.45) is 5.41 Å². The van der Waals surface area contributed by atoms with E-state index in [0.29, 0.717) is 5.02 Å². The van der Waals surface area contributed by atoms with Crippen molar-refractivity contribution in [2.45, 2.75) is 26.7 Å². The van der Waals surface area contributed by atoms with Gasteiger partial charge >= 0.3 is 0 Å². The van der Waals surface area contributed by atoms with Crippen molar-refractivity contribution < 1.29 is 4.74 Å². The van der Waals surface area contributed by atoms with Crippen LogP contribution in [0.5, 0.6) is 5.75 Å². The molecule has 4 heteroatoms. The largest absolute Gasteiger partial charge is 0.495 e. The Bertz CT molecular complexity index is 438. The quantitative estimate of drug-likeness (QED) is 0.789. The van der Waals surface area contributed by atoms with Crippen LogP contribution in [0.25, 0.3) is 0 Å². The summed E-state index contributed by atoms with van der Waals surface area (Å²) in [5.74, 6) is 0.777. The molecule has 1 aromatic carbocycles. The van der Waals surface area contributed by atoms with E-state index in [1.807, 2.05) is 26.0 Å². The Morgan fingerprint density at radius 3 is 2.78 bits per heavy atom. The number of ether oxygens (including phenoxy) is 1. The van der Waals surface area contributed by atoms with E-state index >= 15 is 0 Å². The highest BCUT2D eigenvalue weighted by Gasteiger charge is 2.15. The highest BCUT2D eigenvalue weighted by atomic mass is 35.5. The Morgan fingerprint density at radius 1 is 1.44 bits per heavy atom. The molecule has 1 N–H and O–H groups in total. The molecule has 3 nitrogen and oxygen atoms in total. The maximum atomic E-state index is 8.92. The van der Waals surface area contributed by atoms with E-state index < -0.39 is 0 Å². The molecule has 0 aliphatic heterocycles. The Balaban J connectivity index is 2.49. The predicted octanol–water partition coefficient (Wildman–Crippen LogP) is 4.09. The lowest BCUT2D eigenvalue weighted by Gasteiger charge is -2.16. The molecule has 0 aliphatic carbocycles. The zero-order valence-electron chi connectivity index (χ0n) is 11.1. The third kappa shape index (κ3) is 4.46. The minimum atomic E-state index is -0.264. The second-order valence-corrected chi connectivity index (χ2v) is 5.31. The molecule has 0 heterocycles. The number of nitriles is 1. The smallest absolute Gasteiger partial charge is 0.142 e. The first-order valence-corrected chi connectivity index (χ1v) is 6.35. The minimum Gasteiger partial charge on any atom is -0.495 e. The van der Waals surface area contributed by atoms with Gasteiger partial charge in [-0.15, -0.1) is 0 Å². The molecule has 1 rings (SSSR count). The number of hydrogen-bond donors (Lipinski definition) is 1. The summed E-state index contributed by atoms with van der Waals surface area (Å²) >= 11 is 5.94. The second-order valence-electron chi connectivity index (χ2n) is 4.87. The molecule has 0 unspecified atom stereocenters. The summed E-state index contributed by atoms with van der Waals surface area (Å²) in [5, 5.41) is 12.9. The second kappa shape index (κ2) is 6.51. The van der Waals surface area contributed by atoms with Gasteiger partial charge in [-0.25, -0.2) is 0 Å². The lowest BCUT2D eigenvalue weighted by atomic mass is 9.90. The minimum absolute atomic E-state index is 0.264. The van der Waals surface area contributed by atoms with Gasteiger partial charge in [0.25, 0.3) is 0 Å². The Hall–Kier alpha value is -1.40. The molecule has 1 aromatic rings. The number of benzene rings is 1. The number of rotatable bonds is 6. The van der Waals surface area contributed by atoms with Crippen LogP contribution in [-0.4, -0.2) is 13.7 Å². The van der Waals surface area contributed by atoms with Crippen LogP contribution in [0, 0.1) is 16.7 Å². The molecule has 0 aromatic heterocycles. The first-order valence-electron chi connectivity index (χ1n) is 5.97. The van der Waals surface area contributed by atoms with Crippen molar-refractivity contribution in [1.29, 1.82) is 5.26 Å². The molecule has 98 valence electrons. The fourth-order valence-corrected chi connectivity index (χ4v) is 1.80. The SMILES string of the molecule is COc1ccc(Cl)cc1NCCCC(C)(C)C#N. The molecule has 0 aliphatic rings. The van der Waals surface area contributed by atoms with Crippen LogP contribution >= 0.6 is 11.6 Å². The fraction of sp³-hybridized carbons (Fsp3) is 0.500. The highest BCUT2D eigenvalue weighted by Crippen LogP contribution is 2.28. The van der Waals surface area contributed by atoms with Gasteiger partial charge in [-0.05, 0) is 44.9 Å². The van der Waals surface area contributed by atoms with Gasteiger partial charge in [0.05, 0.1) is 24.3 Å². The van der Waals surface area contributed by atoms with Gasteiger partial charge in [-0.1, -0.05) is 11.6 Å². The average Bonchev–Trinajstić information content (AvgIpc) is 2.35. The molecule has 0 saturated heterocycles. The van der Waals surface area contributed by atoms with Gasteiger partial charge in [0.1, 0.15) is 5.75 Å². The summed E-state index contributed by atoms with van der Waals surface area (Å²) in [5.41, 5.74) is 0.625. The number of halogens is 1. The number of nitrogens with one attached hydrogen (secondary N) is 1. The van der Waals surface area contributed by atoms with Crippen molar-refractivity contribution in [3.05, 3.63) is 23.2 Å². The Labute approximate surface area is 114 Å². The zero-order chi connectivity index (χ0) is 13.6. The van der Waals surface area contributed by atoms with E-state index in [2.05, 4.69) is 11.4 Å². The Morgan fingerprint density at radius 2 is 2.17 bits per heavy atom. The van der Waals surface area contributed by atoms with Gasteiger partial charge in [0, 0.05) is 11.6 Å². The summed E-state index contributed by atoms with van der Waals surface area (Å²) in [6, 6.07) is 7.77. The van der Waals surface area contributed by atoms with Crippen molar-refractivity contribution in [3.63, 3.8) is 0 Å². The van der Waals surface area contributed by atoms with Gasteiger partial charge in [-0.3, -0.25) is 0 Å². The monoisotopic (exact) mass is 266 g/mol. The van der Waals surface area contributed by atoms with Crippen LogP contribution in [-0.2, 0) is 0 Å². The van der Waals surface area contributed by atoms with E-state index in [0.717, 1.165) is 30.8 Å².